The number of aryl methyl sites for hydroxylation is 1. The van der Waals surface area contributed by atoms with Crippen molar-refractivity contribution in [2.75, 3.05) is 23.9 Å². The molecule has 3 aromatic heterocycles. The fraction of sp³-hybridized carbons (Fsp3) is 0.185. The van der Waals surface area contributed by atoms with Crippen LogP contribution in [0.15, 0.2) is 85.5 Å². The van der Waals surface area contributed by atoms with Gasteiger partial charge in [-0.15, -0.1) is 0 Å². The zero-order valence-corrected chi connectivity index (χ0v) is 20.8. The molecule has 0 radical (unpaired) electrons. The lowest BCUT2D eigenvalue weighted by Gasteiger charge is -2.29. The molecule has 2 atom stereocenters. The van der Waals surface area contributed by atoms with Crippen molar-refractivity contribution in [3.63, 3.8) is 0 Å². The van der Waals surface area contributed by atoms with E-state index in [1.165, 1.54) is 7.11 Å². The number of nitrogens with one attached hydrogen (secondary N) is 2. The van der Waals surface area contributed by atoms with E-state index in [9.17, 15) is 4.79 Å². The number of nitrogens with zero attached hydrogens (tertiary/aromatic N) is 4. The van der Waals surface area contributed by atoms with Crippen LogP contribution in [0.3, 0.4) is 0 Å². The summed E-state index contributed by atoms with van der Waals surface area (Å²) in [6.45, 7) is 1.96. The zero-order chi connectivity index (χ0) is 25.1. The highest BCUT2D eigenvalue weighted by Crippen LogP contribution is 2.42. The molecule has 1 amide bonds. The van der Waals surface area contributed by atoms with E-state index in [4.69, 9.17) is 17.0 Å². The number of carbonyl (C=O) groups is 1. The standard InChI is InChI=1S/C27H26N6O2S/c1-18-15-19(10-11-21(18)30-24(34)17-35-2)33-26(25(31-27(33)36)22-8-3-4-13-29-22)23-9-6-14-32(23)20-7-5-12-28-16-20/h3-16,25-26H,17H2,1-2H3,(H,30,34)(H,31,36). The Morgan fingerprint density at radius 2 is 2.00 bits per heavy atom. The SMILES string of the molecule is COCC(=O)Nc1ccc(N2C(=S)NC(c3ccccn3)C2c2cccn2-c2cccnc2)cc1C. The van der Waals surface area contributed by atoms with Crippen molar-refractivity contribution in [2.24, 2.45) is 0 Å². The van der Waals surface area contributed by atoms with E-state index in [0.29, 0.717) is 5.11 Å². The average molecular weight is 499 g/mol. The Kier molecular flexibility index (Phi) is 6.75. The van der Waals surface area contributed by atoms with Crippen molar-refractivity contribution in [1.29, 1.82) is 0 Å². The third kappa shape index (κ3) is 4.58. The molecule has 8 nitrogen and oxygen atoms in total. The predicted octanol–water partition coefficient (Wildman–Crippen LogP) is 4.34. The van der Waals surface area contributed by atoms with E-state index in [1.54, 1.807) is 12.4 Å². The number of hydrogen-bond donors (Lipinski definition) is 2. The van der Waals surface area contributed by atoms with E-state index in [2.05, 4.69) is 36.1 Å². The van der Waals surface area contributed by atoms with Crippen LogP contribution in [0.1, 0.15) is 29.0 Å². The summed E-state index contributed by atoms with van der Waals surface area (Å²) in [5.41, 5.74) is 5.46. The summed E-state index contributed by atoms with van der Waals surface area (Å²) in [5, 5.41) is 6.99. The van der Waals surface area contributed by atoms with Crippen LogP contribution in [0.25, 0.3) is 5.69 Å². The number of amides is 1. The van der Waals surface area contributed by atoms with E-state index in [0.717, 1.165) is 34.0 Å². The Bertz CT molecular complexity index is 1380. The molecule has 1 aliphatic heterocycles. The number of methoxy groups -OCH3 is 1. The first-order chi connectivity index (χ1) is 17.6. The van der Waals surface area contributed by atoms with Gasteiger partial charge in [-0.05, 0) is 79.3 Å². The van der Waals surface area contributed by atoms with E-state index in [-0.39, 0.29) is 24.6 Å². The summed E-state index contributed by atoms with van der Waals surface area (Å²) in [6.07, 6.45) is 7.42. The topological polar surface area (TPSA) is 84.3 Å². The molecular weight excluding hydrogens is 472 g/mol. The fourth-order valence-corrected chi connectivity index (χ4v) is 4.90. The molecule has 1 aromatic carbocycles. The normalized spacial score (nSPS) is 17.2. The number of carbonyl (C=O) groups excluding carboxylic acids is 1. The van der Waals surface area contributed by atoms with Gasteiger partial charge in [-0.25, -0.2) is 0 Å². The molecule has 1 aliphatic rings. The van der Waals surface area contributed by atoms with Crippen LogP contribution < -0.4 is 15.5 Å². The maximum Gasteiger partial charge on any atom is 0.250 e. The van der Waals surface area contributed by atoms with E-state index in [1.807, 2.05) is 73.9 Å². The molecule has 4 aromatic rings. The predicted molar refractivity (Wildman–Crippen MR) is 143 cm³/mol. The highest BCUT2D eigenvalue weighted by Gasteiger charge is 2.42. The van der Waals surface area contributed by atoms with Gasteiger partial charge >= 0.3 is 0 Å². The minimum Gasteiger partial charge on any atom is -0.375 e. The molecular formula is C27H26N6O2S. The van der Waals surface area contributed by atoms with Gasteiger partial charge in [-0.2, -0.15) is 0 Å². The largest absolute Gasteiger partial charge is 0.375 e. The molecule has 2 unspecified atom stereocenters. The third-order valence-corrected chi connectivity index (χ3v) is 6.46. The molecule has 5 rings (SSSR count). The van der Waals surface area contributed by atoms with Gasteiger partial charge in [0, 0.05) is 42.8 Å². The number of aromatic nitrogens is 3. The summed E-state index contributed by atoms with van der Waals surface area (Å²) in [6, 6.07) is 19.5. The van der Waals surface area contributed by atoms with Crippen LogP contribution in [-0.2, 0) is 9.53 Å². The molecule has 0 saturated carbocycles. The van der Waals surface area contributed by atoms with E-state index < -0.39 is 0 Å². The summed E-state index contributed by atoms with van der Waals surface area (Å²) in [5.74, 6) is -0.200. The molecule has 4 heterocycles. The Morgan fingerprint density at radius 3 is 2.72 bits per heavy atom. The number of thiocarbonyl (C=S) groups is 1. The second-order valence-corrected chi connectivity index (χ2v) is 8.88. The maximum atomic E-state index is 12.0. The summed E-state index contributed by atoms with van der Waals surface area (Å²) < 4.78 is 7.06. The van der Waals surface area contributed by atoms with Gasteiger partial charge in [-0.1, -0.05) is 6.07 Å². The second-order valence-electron chi connectivity index (χ2n) is 8.49. The molecule has 0 bridgehead atoms. The third-order valence-electron chi connectivity index (χ3n) is 6.14. The molecule has 2 N–H and O–H groups in total. The number of ether oxygens (including phenoxy) is 1. The first kappa shape index (κ1) is 23.7. The lowest BCUT2D eigenvalue weighted by atomic mass is 10.0. The number of rotatable bonds is 7. The first-order valence-corrected chi connectivity index (χ1v) is 12.0. The van der Waals surface area contributed by atoms with Crippen molar-refractivity contribution in [3.8, 4) is 5.69 Å². The van der Waals surface area contributed by atoms with E-state index >= 15 is 0 Å². The van der Waals surface area contributed by atoms with Crippen molar-refractivity contribution in [2.45, 2.75) is 19.0 Å². The van der Waals surface area contributed by atoms with Gasteiger partial charge in [0.25, 0.3) is 0 Å². The Balaban J connectivity index is 1.58. The minimum atomic E-state index is -0.200. The van der Waals surface area contributed by atoms with Crippen molar-refractivity contribution < 1.29 is 9.53 Å². The van der Waals surface area contributed by atoms with Gasteiger partial charge in [0.05, 0.1) is 23.6 Å². The van der Waals surface area contributed by atoms with Gasteiger partial charge < -0.3 is 24.8 Å². The molecule has 1 fully saturated rings. The quantitative estimate of drug-likeness (QED) is 0.367. The zero-order valence-electron chi connectivity index (χ0n) is 20.0. The lowest BCUT2D eigenvalue weighted by Crippen LogP contribution is -2.30. The minimum absolute atomic E-state index is 0.000481. The summed E-state index contributed by atoms with van der Waals surface area (Å²) >= 11 is 5.87. The smallest absolute Gasteiger partial charge is 0.250 e. The molecule has 0 aliphatic carbocycles. The Morgan fingerprint density at radius 1 is 1.11 bits per heavy atom. The Labute approximate surface area is 215 Å². The molecule has 1 saturated heterocycles. The monoisotopic (exact) mass is 498 g/mol. The number of pyridine rings is 2. The fourth-order valence-electron chi connectivity index (χ4n) is 4.56. The molecule has 9 heteroatoms. The Hall–Kier alpha value is -4.08. The number of hydrogen-bond acceptors (Lipinski definition) is 5. The number of benzene rings is 1. The molecule has 0 spiro atoms. The maximum absolute atomic E-state index is 12.0. The summed E-state index contributed by atoms with van der Waals surface area (Å²) in [7, 11) is 1.50. The van der Waals surface area contributed by atoms with Gasteiger partial charge in [0.1, 0.15) is 12.6 Å². The van der Waals surface area contributed by atoms with Crippen LogP contribution in [-0.4, -0.2) is 39.3 Å². The highest BCUT2D eigenvalue weighted by molar-refractivity contribution is 7.80. The van der Waals surface area contributed by atoms with Crippen LogP contribution in [0.4, 0.5) is 11.4 Å². The molecule has 182 valence electrons. The van der Waals surface area contributed by atoms with Gasteiger partial charge in [0.2, 0.25) is 5.91 Å². The van der Waals surface area contributed by atoms with Crippen molar-refractivity contribution in [1.82, 2.24) is 19.9 Å². The van der Waals surface area contributed by atoms with Crippen LogP contribution >= 0.6 is 12.2 Å². The van der Waals surface area contributed by atoms with Crippen molar-refractivity contribution in [3.05, 3.63) is 102 Å². The van der Waals surface area contributed by atoms with Crippen LogP contribution in [0, 0.1) is 6.92 Å². The van der Waals surface area contributed by atoms with Crippen molar-refractivity contribution >= 4 is 34.6 Å². The lowest BCUT2D eigenvalue weighted by molar-refractivity contribution is -0.119. The highest BCUT2D eigenvalue weighted by atomic mass is 32.1. The second kappa shape index (κ2) is 10.3. The van der Waals surface area contributed by atoms with Crippen LogP contribution in [0.5, 0.6) is 0 Å². The number of anilines is 2. The summed E-state index contributed by atoms with van der Waals surface area (Å²) in [4.78, 5) is 23.1. The molecule has 36 heavy (non-hydrogen) atoms. The van der Waals surface area contributed by atoms with Crippen LogP contribution in [0.2, 0.25) is 0 Å². The van der Waals surface area contributed by atoms with Gasteiger partial charge in [-0.3, -0.25) is 14.8 Å². The average Bonchev–Trinajstić information content (AvgIpc) is 3.51. The first-order valence-electron chi connectivity index (χ1n) is 11.5. The van der Waals surface area contributed by atoms with Gasteiger partial charge in [0.15, 0.2) is 5.11 Å².